The second kappa shape index (κ2) is 11.0. The molecule has 0 fully saturated rings. The number of benzene rings is 3. The van der Waals surface area contributed by atoms with Crippen molar-refractivity contribution in [2.75, 3.05) is 10.6 Å². The third kappa shape index (κ3) is 7.49. The molecule has 3 aromatic rings. The van der Waals surface area contributed by atoms with Gasteiger partial charge in [-0.05, 0) is 53.4 Å². The van der Waals surface area contributed by atoms with Crippen molar-refractivity contribution in [3.63, 3.8) is 0 Å². The number of anilines is 2. The Morgan fingerprint density at radius 2 is 1.53 bits per heavy atom. The number of rotatable bonds is 8. The number of hydrogen-bond donors (Lipinski definition) is 3. The van der Waals surface area contributed by atoms with Crippen LogP contribution in [0, 0.1) is 5.41 Å². The zero-order chi connectivity index (χ0) is 24.7. The SMILES string of the molecule is CC(C)(C)CC(=O)Nc1cccc(SC(C(=O)Nc2ccc(C(=O)O)cc2)c2ccccc2)c1. The van der Waals surface area contributed by atoms with E-state index in [1.165, 1.54) is 23.9 Å². The highest BCUT2D eigenvalue weighted by Crippen LogP contribution is 2.37. The predicted octanol–water partition coefficient (Wildman–Crippen LogP) is 6.23. The Balaban J connectivity index is 1.79. The molecule has 0 aromatic heterocycles. The van der Waals surface area contributed by atoms with Gasteiger partial charge in [0.2, 0.25) is 11.8 Å². The monoisotopic (exact) mass is 476 g/mol. The quantitative estimate of drug-likeness (QED) is 0.335. The molecular formula is C27H28N2O4S. The first kappa shape index (κ1) is 25.1. The maximum absolute atomic E-state index is 13.2. The first-order valence-corrected chi connectivity index (χ1v) is 11.7. The van der Waals surface area contributed by atoms with Crippen LogP contribution in [0.2, 0.25) is 0 Å². The molecule has 6 nitrogen and oxygen atoms in total. The summed E-state index contributed by atoms with van der Waals surface area (Å²) in [5, 5.41) is 14.3. The molecule has 0 saturated heterocycles. The minimum absolute atomic E-state index is 0.0585. The number of thioether (sulfide) groups is 1. The summed E-state index contributed by atoms with van der Waals surface area (Å²) >= 11 is 1.37. The van der Waals surface area contributed by atoms with E-state index in [4.69, 9.17) is 5.11 Å². The molecule has 2 amide bonds. The Morgan fingerprint density at radius 1 is 0.853 bits per heavy atom. The first-order valence-electron chi connectivity index (χ1n) is 10.9. The van der Waals surface area contributed by atoms with Crippen LogP contribution in [0.5, 0.6) is 0 Å². The summed E-state index contributed by atoms with van der Waals surface area (Å²) in [7, 11) is 0. The van der Waals surface area contributed by atoms with Gasteiger partial charge in [0.15, 0.2) is 0 Å². The Bertz CT molecular complexity index is 1160. The molecule has 7 heteroatoms. The molecule has 1 atom stereocenters. The van der Waals surface area contributed by atoms with Crippen molar-refractivity contribution in [1.29, 1.82) is 0 Å². The van der Waals surface area contributed by atoms with Crippen LogP contribution in [0.3, 0.4) is 0 Å². The zero-order valence-corrected chi connectivity index (χ0v) is 20.2. The van der Waals surface area contributed by atoms with Crippen molar-refractivity contribution >= 4 is 40.9 Å². The van der Waals surface area contributed by atoms with Crippen molar-refractivity contribution in [2.24, 2.45) is 5.41 Å². The molecule has 0 aliphatic heterocycles. The lowest BCUT2D eigenvalue weighted by Gasteiger charge is -2.19. The van der Waals surface area contributed by atoms with E-state index in [1.54, 1.807) is 12.1 Å². The summed E-state index contributed by atoms with van der Waals surface area (Å²) < 4.78 is 0. The van der Waals surface area contributed by atoms with E-state index in [0.717, 1.165) is 10.5 Å². The Morgan fingerprint density at radius 3 is 2.15 bits per heavy atom. The van der Waals surface area contributed by atoms with Gasteiger partial charge in [0.05, 0.1) is 5.56 Å². The largest absolute Gasteiger partial charge is 0.478 e. The number of aromatic carboxylic acids is 1. The molecule has 34 heavy (non-hydrogen) atoms. The number of carboxylic acid groups (broad SMARTS) is 1. The van der Waals surface area contributed by atoms with Crippen molar-refractivity contribution in [1.82, 2.24) is 0 Å². The van der Waals surface area contributed by atoms with Crippen LogP contribution in [0.15, 0.2) is 83.8 Å². The molecule has 0 heterocycles. The predicted molar refractivity (Wildman–Crippen MR) is 136 cm³/mol. The van der Waals surface area contributed by atoms with E-state index >= 15 is 0 Å². The smallest absolute Gasteiger partial charge is 0.335 e. The summed E-state index contributed by atoms with van der Waals surface area (Å²) in [6, 6.07) is 22.9. The van der Waals surface area contributed by atoms with Gasteiger partial charge in [0.1, 0.15) is 5.25 Å². The fraction of sp³-hybridized carbons (Fsp3) is 0.222. The van der Waals surface area contributed by atoms with E-state index in [1.807, 2.05) is 75.4 Å². The summed E-state index contributed by atoms with van der Waals surface area (Å²) in [5.74, 6) is -1.32. The zero-order valence-electron chi connectivity index (χ0n) is 19.4. The molecule has 0 spiro atoms. The number of carboxylic acids is 1. The molecule has 0 bridgehead atoms. The number of hydrogen-bond acceptors (Lipinski definition) is 4. The standard InChI is InChI=1S/C27H28N2O4S/c1-27(2,3)17-23(30)28-21-10-7-11-22(16-21)34-24(18-8-5-4-6-9-18)25(31)29-20-14-12-19(13-15-20)26(32)33/h4-16,24H,17H2,1-3H3,(H,28,30)(H,29,31)(H,32,33). The van der Waals surface area contributed by atoms with Gasteiger partial charge in [0.25, 0.3) is 0 Å². The first-order chi connectivity index (χ1) is 16.1. The van der Waals surface area contributed by atoms with Crippen molar-refractivity contribution < 1.29 is 19.5 Å². The van der Waals surface area contributed by atoms with Crippen molar-refractivity contribution in [2.45, 2.75) is 37.3 Å². The van der Waals surface area contributed by atoms with Gasteiger partial charge < -0.3 is 15.7 Å². The van der Waals surface area contributed by atoms with Gasteiger partial charge in [-0.1, -0.05) is 57.2 Å². The topological polar surface area (TPSA) is 95.5 Å². The fourth-order valence-electron chi connectivity index (χ4n) is 3.27. The number of carbonyl (C=O) groups is 3. The van der Waals surface area contributed by atoms with Gasteiger partial charge >= 0.3 is 5.97 Å². The van der Waals surface area contributed by atoms with Crippen LogP contribution in [-0.4, -0.2) is 22.9 Å². The Kier molecular flexibility index (Phi) is 8.12. The maximum atomic E-state index is 13.2. The third-order valence-electron chi connectivity index (χ3n) is 4.80. The Hall–Kier alpha value is -3.58. The normalized spacial score (nSPS) is 12.0. The maximum Gasteiger partial charge on any atom is 0.335 e. The molecule has 3 rings (SSSR count). The van der Waals surface area contributed by atoms with Crippen LogP contribution in [0.1, 0.15) is 48.4 Å². The van der Waals surface area contributed by atoms with E-state index in [9.17, 15) is 14.4 Å². The van der Waals surface area contributed by atoms with Crippen molar-refractivity contribution in [3.05, 3.63) is 90.0 Å². The highest BCUT2D eigenvalue weighted by Gasteiger charge is 2.23. The molecule has 0 aliphatic rings. The molecule has 176 valence electrons. The Labute approximate surface area is 203 Å². The van der Waals surface area contributed by atoms with Gasteiger partial charge in [0, 0.05) is 22.7 Å². The molecular weight excluding hydrogens is 448 g/mol. The van der Waals surface area contributed by atoms with Gasteiger partial charge in [-0.15, -0.1) is 11.8 Å². The van der Waals surface area contributed by atoms with Crippen LogP contribution in [-0.2, 0) is 9.59 Å². The average Bonchev–Trinajstić information content (AvgIpc) is 2.77. The van der Waals surface area contributed by atoms with Crippen LogP contribution < -0.4 is 10.6 Å². The minimum Gasteiger partial charge on any atom is -0.478 e. The molecule has 0 radical (unpaired) electrons. The second-order valence-electron chi connectivity index (χ2n) is 9.09. The van der Waals surface area contributed by atoms with Gasteiger partial charge in [-0.25, -0.2) is 4.79 Å². The molecule has 0 saturated carbocycles. The average molecular weight is 477 g/mol. The molecule has 0 aliphatic carbocycles. The fourth-order valence-corrected chi connectivity index (χ4v) is 4.36. The van der Waals surface area contributed by atoms with Crippen LogP contribution in [0.25, 0.3) is 0 Å². The summed E-state index contributed by atoms with van der Waals surface area (Å²) in [4.78, 5) is 37.5. The lowest BCUT2D eigenvalue weighted by Crippen LogP contribution is -2.20. The lowest BCUT2D eigenvalue weighted by atomic mass is 9.92. The van der Waals surface area contributed by atoms with Crippen molar-refractivity contribution in [3.8, 4) is 0 Å². The molecule has 3 N–H and O–H groups in total. The number of nitrogens with one attached hydrogen (secondary N) is 2. The van der Waals surface area contributed by atoms with Gasteiger partial charge in [-0.2, -0.15) is 0 Å². The number of amides is 2. The van der Waals surface area contributed by atoms with E-state index in [0.29, 0.717) is 17.8 Å². The highest BCUT2D eigenvalue weighted by molar-refractivity contribution is 8.00. The highest BCUT2D eigenvalue weighted by atomic mass is 32.2. The second-order valence-corrected chi connectivity index (χ2v) is 10.3. The van der Waals surface area contributed by atoms with E-state index < -0.39 is 11.2 Å². The van der Waals surface area contributed by atoms with E-state index in [-0.39, 0.29) is 22.8 Å². The summed E-state index contributed by atoms with van der Waals surface area (Å²) in [5.41, 5.74) is 2.05. The van der Waals surface area contributed by atoms with Crippen LogP contribution >= 0.6 is 11.8 Å². The van der Waals surface area contributed by atoms with E-state index in [2.05, 4.69) is 10.6 Å². The van der Waals surface area contributed by atoms with Crippen LogP contribution in [0.4, 0.5) is 11.4 Å². The summed E-state index contributed by atoms with van der Waals surface area (Å²) in [6.45, 7) is 6.03. The lowest BCUT2D eigenvalue weighted by molar-refractivity contribution is -0.118. The van der Waals surface area contributed by atoms with Gasteiger partial charge in [-0.3, -0.25) is 9.59 Å². The molecule has 1 unspecified atom stereocenters. The minimum atomic E-state index is -1.02. The molecule has 3 aromatic carbocycles. The third-order valence-corrected chi connectivity index (χ3v) is 6.05. The number of carbonyl (C=O) groups excluding carboxylic acids is 2. The summed E-state index contributed by atoms with van der Waals surface area (Å²) in [6.07, 6.45) is 0.403.